The third-order valence-electron chi connectivity index (χ3n) is 14.6. The Bertz CT molecular complexity index is 2720. The highest BCUT2D eigenvalue weighted by Crippen LogP contribution is 2.49. The number of hydrogen-bond donors (Lipinski definition) is 0. The molecule has 0 radical (unpaired) electrons. The number of nitrogens with zero attached hydrogens (tertiary/aromatic N) is 2. The molecule has 0 aliphatic carbocycles. The van der Waals surface area contributed by atoms with Gasteiger partial charge in [-0.25, -0.2) is 0 Å². The van der Waals surface area contributed by atoms with Gasteiger partial charge in [-0.2, -0.15) is 0 Å². The lowest BCUT2D eigenvalue weighted by Crippen LogP contribution is -2.41. The Labute approximate surface area is 379 Å². The van der Waals surface area contributed by atoms with E-state index in [4.69, 9.17) is 18.6 Å². The highest BCUT2D eigenvalue weighted by Gasteiger charge is 2.54. The summed E-state index contributed by atoms with van der Waals surface area (Å²) >= 11 is 0. The molecule has 0 spiro atoms. The van der Waals surface area contributed by atoms with Crippen LogP contribution in [-0.4, -0.2) is 36.6 Å². The van der Waals surface area contributed by atoms with Gasteiger partial charge in [0.25, 0.3) is 0 Å². The van der Waals surface area contributed by atoms with E-state index in [-0.39, 0.29) is 0 Å². The number of anilines is 6. The lowest BCUT2D eigenvalue weighted by Gasteiger charge is -2.32. The zero-order chi connectivity index (χ0) is 45.1. The van der Waals surface area contributed by atoms with E-state index in [0.717, 1.165) is 77.4 Å². The molecular weight excluding hydrogens is 786 g/mol. The van der Waals surface area contributed by atoms with Crippen molar-refractivity contribution in [3.63, 3.8) is 0 Å². The molecule has 0 amide bonds. The van der Waals surface area contributed by atoms with Gasteiger partial charge in [0.15, 0.2) is 0 Å². The van der Waals surface area contributed by atoms with Gasteiger partial charge in [0.2, 0.25) is 0 Å². The minimum Gasteiger partial charge on any atom is -0.399 e. The molecule has 8 heteroatoms. The molecule has 2 fully saturated rings. The van der Waals surface area contributed by atoms with Crippen molar-refractivity contribution in [3.8, 4) is 0 Å². The molecule has 2 saturated heterocycles. The second-order valence-electron chi connectivity index (χ2n) is 20.2. The highest BCUT2D eigenvalue weighted by atomic mass is 16.7. The molecule has 8 aromatic rings. The molecule has 0 atom stereocenters. The lowest BCUT2D eigenvalue weighted by molar-refractivity contribution is 0.00578. The molecule has 10 rings (SSSR count). The Morgan fingerprint density at radius 1 is 0.328 bits per heavy atom. The zero-order valence-electron chi connectivity index (χ0n) is 39.4. The fourth-order valence-corrected chi connectivity index (χ4v) is 9.34. The van der Waals surface area contributed by atoms with Crippen LogP contribution in [0.2, 0.25) is 0 Å². The minimum atomic E-state index is -0.621. The summed E-state index contributed by atoms with van der Waals surface area (Å²) in [6.07, 6.45) is 0. The number of hydrogen-bond acceptors (Lipinski definition) is 6. The van der Waals surface area contributed by atoms with E-state index in [2.05, 4.69) is 226 Å². The first-order valence-electron chi connectivity index (χ1n) is 22.7. The van der Waals surface area contributed by atoms with E-state index in [1.165, 1.54) is 22.3 Å². The Balaban J connectivity index is 1.36. The Morgan fingerprint density at radius 3 is 0.812 bits per heavy atom. The van der Waals surface area contributed by atoms with E-state index in [0.29, 0.717) is 0 Å². The SMILES string of the molecule is Cc1ccc(N(c2ccc(C)cc2)c2cc(B3OC(C)(C)C(C)(C)O3)c3ccc4c(N(c5ccc(C)cc5)c5ccc(C)cc5)cc(B5OC(C)(C)C(C)(C)O5)c5ccc2c3c54)cc1. The van der Waals surface area contributed by atoms with Crippen LogP contribution in [-0.2, 0) is 18.6 Å². The second-order valence-corrected chi connectivity index (χ2v) is 20.2. The van der Waals surface area contributed by atoms with Gasteiger partial charge in [-0.3, -0.25) is 0 Å². The van der Waals surface area contributed by atoms with Crippen molar-refractivity contribution in [1.29, 1.82) is 0 Å². The standard InChI is InChI=1S/C56H58B2N2O4/c1-35-13-21-39(22-14-35)59(40-23-15-36(2)16-24-40)49-33-47(57-61-53(5,6)54(7,8)62-57)43-30-32-46-50(60(41-25-17-37(3)18-26-41)42-27-19-38(4)20-28-42)34-48(44-29-31-45(49)51(43)52(44)46)58-63-55(9,10)56(11,12)64-58/h13-34H,1-12H3. The van der Waals surface area contributed by atoms with Gasteiger partial charge in [0.1, 0.15) is 0 Å². The van der Waals surface area contributed by atoms with Crippen LogP contribution in [0, 0.1) is 27.7 Å². The van der Waals surface area contributed by atoms with Crippen molar-refractivity contribution >= 4 is 91.6 Å². The van der Waals surface area contributed by atoms with Crippen LogP contribution in [0.5, 0.6) is 0 Å². The topological polar surface area (TPSA) is 43.4 Å². The van der Waals surface area contributed by atoms with E-state index >= 15 is 0 Å². The Morgan fingerprint density at radius 2 is 0.562 bits per heavy atom. The summed E-state index contributed by atoms with van der Waals surface area (Å²) in [6, 6.07) is 49.1. The van der Waals surface area contributed by atoms with E-state index in [9.17, 15) is 0 Å². The average Bonchev–Trinajstić information content (AvgIpc) is 3.61. The van der Waals surface area contributed by atoms with Gasteiger partial charge in [-0.1, -0.05) is 95.1 Å². The van der Waals surface area contributed by atoms with Crippen LogP contribution in [0.1, 0.15) is 77.6 Å². The first-order chi connectivity index (χ1) is 30.3. The van der Waals surface area contributed by atoms with Gasteiger partial charge >= 0.3 is 14.2 Å². The first kappa shape index (κ1) is 42.3. The van der Waals surface area contributed by atoms with E-state index < -0.39 is 36.6 Å². The summed E-state index contributed by atoms with van der Waals surface area (Å²) in [7, 11) is -1.24. The van der Waals surface area contributed by atoms with Crippen LogP contribution in [0.4, 0.5) is 34.1 Å². The minimum absolute atomic E-state index is 0.547. The van der Waals surface area contributed by atoms with Crippen LogP contribution in [0.3, 0.4) is 0 Å². The van der Waals surface area contributed by atoms with Crippen molar-refractivity contribution < 1.29 is 18.6 Å². The maximum atomic E-state index is 6.98. The molecule has 0 bridgehead atoms. The fraction of sp³-hybridized carbons (Fsp3) is 0.286. The molecule has 322 valence electrons. The van der Waals surface area contributed by atoms with Crippen molar-refractivity contribution in [2.24, 2.45) is 0 Å². The highest BCUT2D eigenvalue weighted by molar-refractivity contribution is 6.68. The summed E-state index contributed by atoms with van der Waals surface area (Å²) in [6.45, 7) is 25.6. The quantitative estimate of drug-likeness (QED) is 0.112. The third-order valence-corrected chi connectivity index (χ3v) is 14.6. The molecular formula is C56H58B2N2O4. The van der Waals surface area contributed by atoms with Crippen molar-refractivity contribution in [2.75, 3.05) is 9.80 Å². The normalized spacial score (nSPS) is 17.6. The molecule has 0 N–H and O–H groups in total. The van der Waals surface area contributed by atoms with E-state index in [1.54, 1.807) is 0 Å². The van der Waals surface area contributed by atoms with Crippen molar-refractivity contribution in [1.82, 2.24) is 0 Å². The molecule has 64 heavy (non-hydrogen) atoms. The third kappa shape index (κ3) is 6.89. The molecule has 0 aromatic heterocycles. The smallest absolute Gasteiger partial charge is 0.399 e. The van der Waals surface area contributed by atoms with Gasteiger partial charge in [0, 0.05) is 33.5 Å². The molecule has 2 heterocycles. The van der Waals surface area contributed by atoms with Gasteiger partial charge in [-0.15, -0.1) is 0 Å². The largest absolute Gasteiger partial charge is 0.495 e. The van der Waals surface area contributed by atoms with Crippen molar-refractivity contribution in [3.05, 3.63) is 156 Å². The molecule has 6 nitrogen and oxygen atoms in total. The van der Waals surface area contributed by atoms with Crippen LogP contribution in [0.15, 0.2) is 133 Å². The van der Waals surface area contributed by atoms with E-state index in [1.807, 2.05) is 0 Å². The number of aryl methyl sites for hydroxylation is 4. The van der Waals surface area contributed by atoms with Crippen LogP contribution >= 0.6 is 0 Å². The van der Waals surface area contributed by atoms with Gasteiger partial charge in [-0.05, 0) is 176 Å². The Kier molecular flexibility index (Phi) is 9.90. The summed E-state index contributed by atoms with van der Waals surface area (Å²) in [4.78, 5) is 4.78. The average molecular weight is 845 g/mol. The summed E-state index contributed by atoms with van der Waals surface area (Å²) < 4.78 is 27.9. The first-order valence-corrected chi connectivity index (χ1v) is 22.7. The van der Waals surface area contributed by atoms with Gasteiger partial charge in [0.05, 0.1) is 33.8 Å². The Hall–Kier alpha value is -5.63. The second kappa shape index (κ2) is 15.0. The number of benzene rings is 8. The molecule has 0 saturated carbocycles. The van der Waals surface area contributed by atoms with Crippen molar-refractivity contribution in [2.45, 2.75) is 105 Å². The van der Waals surface area contributed by atoms with Crippen LogP contribution in [0.25, 0.3) is 32.3 Å². The van der Waals surface area contributed by atoms with Gasteiger partial charge < -0.3 is 28.4 Å². The number of rotatable bonds is 8. The maximum absolute atomic E-state index is 6.98. The maximum Gasteiger partial charge on any atom is 0.495 e. The summed E-state index contributed by atoms with van der Waals surface area (Å²) in [5.74, 6) is 0. The fourth-order valence-electron chi connectivity index (χ4n) is 9.34. The molecule has 2 aliphatic heterocycles. The predicted octanol–water partition coefficient (Wildman–Crippen LogP) is 13.4. The summed E-state index contributed by atoms with van der Waals surface area (Å²) in [5, 5.41) is 6.66. The molecule has 8 aromatic carbocycles. The molecule has 2 aliphatic rings. The van der Waals surface area contributed by atoms with Crippen LogP contribution < -0.4 is 20.7 Å². The predicted molar refractivity (Wildman–Crippen MR) is 270 cm³/mol. The summed E-state index contributed by atoms with van der Waals surface area (Å²) in [5.41, 5.74) is 10.9. The monoisotopic (exact) mass is 844 g/mol. The zero-order valence-corrected chi connectivity index (χ0v) is 39.4. The molecule has 0 unspecified atom stereocenters. The lowest BCUT2D eigenvalue weighted by atomic mass is 9.71.